The highest BCUT2D eigenvalue weighted by Gasteiger charge is 2.30. The molecular formula is C13H19N3O4. The third kappa shape index (κ3) is 3.04. The van der Waals surface area contributed by atoms with Crippen molar-refractivity contribution in [2.45, 2.75) is 46.6 Å². The molecule has 0 spiro atoms. The fourth-order valence-corrected chi connectivity index (χ4v) is 2.04. The number of rotatable bonds is 6. The lowest BCUT2D eigenvalue weighted by atomic mass is 10.0. The van der Waals surface area contributed by atoms with Crippen LogP contribution in [0.3, 0.4) is 0 Å². The van der Waals surface area contributed by atoms with Crippen LogP contribution in [0, 0.1) is 27.2 Å². The van der Waals surface area contributed by atoms with Crippen LogP contribution in [0.4, 0.5) is 17.1 Å². The van der Waals surface area contributed by atoms with Gasteiger partial charge in [0.2, 0.25) is 0 Å². The molecule has 0 aromatic heterocycles. The second-order valence-electron chi connectivity index (χ2n) is 4.72. The van der Waals surface area contributed by atoms with Crippen LogP contribution in [0.25, 0.3) is 0 Å². The van der Waals surface area contributed by atoms with Gasteiger partial charge >= 0.3 is 5.69 Å². The molecular weight excluding hydrogens is 262 g/mol. The Morgan fingerprint density at radius 2 is 1.85 bits per heavy atom. The minimum Gasteiger partial charge on any atom is -0.371 e. The van der Waals surface area contributed by atoms with Crippen LogP contribution >= 0.6 is 0 Å². The lowest BCUT2D eigenvalue weighted by molar-refractivity contribution is -0.392. The molecule has 1 aromatic carbocycles. The Labute approximate surface area is 117 Å². The number of nitrogens with zero attached hydrogens (tertiary/aromatic N) is 2. The van der Waals surface area contributed by atoms with Crippen molar-refractivity contribution in [1.29, 1.82) is 0 Å². The molecule has 0 saturated heterocycles. The summed E-state index contributed by atoms with van der Waals surface area (Å²) in [4.78, 5) is 21.4. The monoisotopic (exact) mass is 281 g/mol. The smallest absolute Gasteiger partial charge is 0.302 e. The number of hydrogen-bond acceptors (Lipinski definition) is 5. The van der Waals surface area contributed by atoms with E-state index in [4.69, 9.17) is 0 Å². The first-order valence-corrected chi connectivity index (χ1v) is 6.55. The summed E-state index contributed by atoms with van der Waals surface area (Å²) in [6.07, 6.45) is 1.22. The summed E-state index contributed by atoms with van der Waals surface area (Å²) in [5.74, 6) is 0. The second kappa shape index (κ2) is 6.31. The number of nitro benzene ring substituents is 2. The van der Waals surface area contributed by atoms with Gasteiger partial charge in [-0.3, -0.25) is 20.2 Å². The topological polar surface area (TPSA) is 98.3 Å². The van der Waals surface area contributed by atoms with Crippen LogP contribution in [0.15, 0.2) is 6.07 Å². The highest BCUT2D eigenvalue weighted by molar-refractivity contribution is 5.78. The average Bonchev–Trinajstić information content (AvgIpc) is 2.37. The molecule has 20 heavy (non-hydrogen) atoms. The van der Waals surface area contributed by atoms with E-state index in [0.717, 1.165) is 0 Å². The lowest BCUT2D eigenvalue weighted by Crippen LogP contribution is -2.17. The first-order valence-electron chi connectivity index (χ1n) is 6.55. The zero-order valence-electron chi connectivity index (χ0n) is 12.1. The summed E-state index contributed by atoms with van der Waals surface area (Å²) in [5.41, 5.74) is 0.673. The van der Waals surface area contributed by atoms with Crippen molar-refractivity contribution in [3.8, 4) is 0 Å². The Morgan fingerprint density at radius 1 is 1.25 bits per heavy atom. The summed E-state index contributed by atoms with van der Waals surface area (Å²) in [6, 6.07) is 1.34. The largest absolute Gasteiger partial charge is 0.371 e. The van der Waals surface area contributed by atoms with Gasteiger partial charge < -0.3 is 5.32 Å². The molecule has 1 unspecified atom stereocenters. The van der Waals surface area contributed by atoms with Crippen molar-refractivity contribution in [3.63, 3.8) is 0 Å². The van der Waals surface area contributed by atoms with Crippen LogP contribution in [-0.2, 0) is 6.42 Å². The molecule has 110 valence electrons. The minimum absolute atomic E-state index is 0.00375. The number of anilines is 1. The Morgan fingerprint density at radius 3 is 2.25 bits per heavy atom. The van der Waals surface area contributed by atoms with Crippen molar-refractivity contribution in [3.05, 3.63) is 37.4 Å². The van der Waals surface area contributed by atoms with E-state index in [1.54, 1.807) is 6.92 Å². The maximum Gasteiger partial charge on any atom is 0.302 e. The molecule has 0 aliphatic rings. The maximum atomic E-state index is 11.3. The maximum absolute atomic E-state index is 11.3. The van der Waals surface area contributed by atoms with Crippen LogP contribution < -0.4 is 5.32 Å². The molecule has 0 heterocycles. The van der Waals surface area contributed by atoms with E-state index in [-0.39, 0.29) is 23.1 Å². The predicted molar refractivity (Wildman–Crippen MR) is 77.2 cm³/mol. The number of hydrogen-bond donors (Lipinski definition) is 1. The van der Waals surface area contributed by atoms with Gasteiger partial charge in [0.25, 0.3) is 5.69 Å². The molecule has 0 aliphatic carbocycles. The Hall–Kier alpha value is -2.18. The van der Waals surface area contributed by atoms with Gasteiger partial charge in [0, 0.05) is 17.7 Å². The second-order valence-corrected chi connectivity index (χ2v) is 4.72. The number of aryl methyl sites for hydroxylation is 1. The van der Waals surface area contributed by atoms with Crippen LogP contribution in [0.5, 0.6) is 0 Å². The highest BCUT2D eigenvalue weighted by atomic mass is 16.6. The van der Waals surface area contributed by atoms with Gasteiger partial charge in [-0.15, -0.1) is 0 Å². The van der Waals surface area contributed by atoms with E-state index in [1.807, 2.05) is 20.8 Å². The molecule has 0 fully saturated rings. The highest BCUT2D eigenvalue weighted by Crippen LogP contribution is 2.39. The summed E-state index contributed by atoms with van der Waals surface area (Å²) in [5, 5.41) is 25.4. The van der Waals surface area contributed by atoms with E-state index < -0.39 is 9.85 Å². The molecule has 7 heteroatoms. The number of benzene rings is 1. The summed E-state index contributed by atoms with van der Waals surface area (Å²) >= 11 is 0. The van der Waals surface area contributed by atoms with Gasteiger partial charge in [0.15, 0.2) is 5.69 Å². The van der Waals surface area contributed by atoms with Crippen molar-refractivity contribution in [1.82, 2.24) is 0 Å². The molecule has 0 amide bonds. The summed E-state index contributed by atoms with van der Waals surface area (Å²) in [7, 11) is 0. The van der Waals surface area contributed by atoms with E-state index >= 15 is 0 Å². The lowest BCUT2D eigenvalue weighted by Gasteiger charge is -2.15. The average molecular weight is 281 g/mol. The SMILES string of the molecule is CCc1cc([N+](=O)[O-])c(NC(C)CC)c([N+](=O)[O-])c1C. The van der Waals surface area contributed by atoms with Crippen molar-refractivity contribution >= 4 is 17.1 Å². The van der Waals surface area contributed by atoms with Crippen LogP contribution in [0.1, 0.15) is 38.3 Å². The van der Waals surface area contributed by atoms with Crippen LogP contribution in [-0.4, -0.2) is 15.9 Å². The molecule has 0 radical (unpaired) electrons. The number of nitrogens with one attached hydrogen (secondary N) is 1. The molecule has 0 saturated carbocycles. The third-order valence-corrected chi connectivity index (χ3v) is 3.40. The van der Waals surface area contributed by atoms with Gasteiger partial charge in [0.05, 0.1) is 9.85 Å². The fourth-order valence-electron chi connectivity index (χ4n) is 2.04. The van der Waals surface area contributed by atoms with Gasteiger partial charge in [-0.05, 0) is 32.3 Å². The standard InChI is InChI=1S/C13H19N3O4/c1-5-8(3)14-12-11(15(17)18)7-10(6-2)9(4)13(12)16(19)20/h7-8,14H,5-6H2,1-4H3. The van der Waals surface area contributed by atoms with Gasteiger partial charge in [-0.2, -0.15) is 0 Å². The predicted octanol–water partition coefficient (Wildman–Crippen LogP) is 3.58. The Bertz CT molecular complexity index is 543. The normalized spacial score (nSPS) is 12.0. The van der Waals surface area contributed by atoms with E-state index in [2.05, 4.69) is 5.32 Å². The zero-order valence-corrected chi connectivity index (χ0v) is 12.1. The Balaban J connectivity index is 3.61. The van der Waals surface area contributed by atoms with E-state index in [0.29, 0.717) is 24.0 Å². The van der Waals surface area contributed by atoms with Gasteiger partial charge in [-0.1, -0.05) is 13.8 Å². The van der Waals surface area contributed by atoms with Crippen molar-refractivity contribution < 1.29 is 9.85 Å². The zero-order chi connectivity index (χ0) is 15.4. The number of nitro groups is 2. The molecule has 1 atom stereocenters. The molecule has 7 nitrogen and oxygen atoms in total. The summed E-state index contributed by atoms with van der Waals surface area (Å²) in [6.45, 7) is 7.18. The quantitative estimate of drug-likeness (QED) is 0.634. The van der Waals surface area contributed by atoms with Crippen LogP contribution in [0.2, 0.25) is 0 Å². The first kappa shape index (κ1) is 15.9. The van der Waals surface area contributed by atoms with E-state index in [1.165, 1.54) is 6.07 Å². The molecule has 0 aliphatic heterocycles. The van der Waals surface area contributed by atoms with Crippen molar-refractivity contribution in [2.24, 2.45) is 0 Å². The van der Waals surface area contributed by atoms with Gasteiger partial charge in [-0.25, -0.2) is 0 Å². The van der Waals surface area contributed by atoms with Gasteiger partial charge in [0.1, 0.15) is 0 Å². The minimum atomic E-state index is -0.573. The molecule has 1 rings (SSSR count). The summed E-state index contributed by atoms with van der Waals surface area (Å²) < 4.78 is 0. The van der Waals surface area contributed by atoms with Crippen molar-refractivity contribution in [2.75, 3.05) is 5.32 Å². The first-order chi connectivity index (χ1) is 9.33. The van der Waals surface area contributed by atoms with E-state index in [9.17, 15) is 20.2 Å². The molecule has 1 N–H and O–H groups in total. The third-order valence-electron chi connectivity index (χ3n) is 3.40. The molecule has 1 aromatic rings. The fraction of sp³-hybridized carbons (Fsp3) is 0.538. The molecule has 0 bridgehead atoms. The Kier molecular flexibility index (Phi) is 5.01.